The van der Waals surface area contributed by atoms with Crippen LogP contribution >= 0.6 is 15.9 Å². The van der Waals surface area contributed by atoms with Gasteiger partial charge in [-0.25, -0.2) is 4.98 Å². The number of imidazole rings is 1. The minimum atomic E-state index is 0.306. The van der Waals surface area contributed by atoms with Crippen molar-refractivity contribution in [1.82, 2.24) is 19.5 Å². The molecule has 21 heavy (non-hydrogen) atoms. The summed E-state index contributed by atoms with van der Waals surface area (Å²) in [6.07, 6.45) is 3.92. The Morgan fingerprint density at radius 3 is 2.71 bits per heavy atom. The molecule has 0 aliphatic carbocycles. The molecule has 0 unspecified atom stereocenters. The van der Waals surface area contributed by atoms with Gasteiger partial charge in [-0.2, -0.15) is 9.97 Å². The summed E-state index contributed by atoms with van der Waals surface area (Å²) in [4.78, 5) is 13.0. The average molecular weight is 357 g/mol. The van der Waals surface area contributed by atoms with E-state index in [1.165, 1.54) is 0 Å². The van der Waals surface area contributed by atoms with Gasteiger partial charge in [0.15, 0.2) is 21.7 Å². The molecule has 0 aliphatic rings. The van der Waals surface area contributed by atoms with E-state index in [9.17, 15) is 0 Å². The zero-order valence-electron chi connectivity index (χ0n) is 12.2. The molecule has 0 atom stereocenters. The highest BCUT2D eigenvalue weighted by Gasteiger charge is 2.15. The van der Waals surface area contributed by atoms with Crippen molar-refractivity contribution >= 4 is 32.9 Å². The second-order valence-electron chi connectivity index (χ2n) is 4.79. The van der Waals surface area contributed by atoms with Gasteiger partial charge in [-0.05, 0) is 41.7 Å². The lowest BCUT2D eigenvalue weighted by Crippen LogP contribution is -2.07. The number of rotatable bonds is 8. The minimum Gasteiger partial charge on any atom is -0.463 e. The zero-order valence-corrected chi connectivity index (χ0v) is 13.8. The van der Waals surface area contributed by atoms with E-state index in [4.69, 9.17) is 16.2 Å². The highest BCUT2D eigenvalue weighted by molar-refractivity contribution is 9.10. The molecule has 0 spiro atoms. The van der Waals surface area contributed by atoms with Crippen LogP contribution in [-0.2, 0) is 6.54 Å². The van der Waals surface area contributed by atoms with Gasteiger partial charge in [-0.3, -0.25) is 0 Å². The van der Waals surface area contributed by atoms with Crippen LogP contribution in [-0.4, -0.2) is 32.7 Å². The van der Waals surface area contributed by atoms with Gasteiger partial charge in [0.2, 0.25) is 0 Å². The maximum Gasteiger partial charge on any atom is 0.320 e. The number of aromatic nitrogens is 4. The SMILES string of the molecule is CCCCOc1nc(N)c2nc(Br)n(CCCCN)c2n1. The standard InChI is InChI=1S/C13H21BrN6O/c1-2-3-8-21-13-18-10(16)9-11(19-13)20(12(14)17-9)7-5-4-6-15/h2-8,15H2,1H3,(H2,16,18,19). The Kier molecular flexibility index (Phi) is 5.75. The molecule has 2 aromatic rings. The van der Waals surface area contributed by atoms with Crippen LogP contribution in [0.5, 0.6) is 6.01 Å². The molecular formula is C13H21BrN6O. The highest BCUT2D eigenvalue weighted by atomic mass is 79.9. The number of ether oxygens (including phenoxy) is 1. The number of nitrogen functional groups attached to an aromatic ring is 1. The molecule has 116 valence electrons. The Hall–Kier alpha value is -1.41. The van der Waals surface area contributed by atoms with Gasteiger partial charge in [-0.15, -0.1) is 0 Å². The average Bonchev–Trinajstić information content (AvgIpc) is 2.77. The third kappa shape index (κ3) is 3.82. The van der Waals surface area contributed by atoms with Crippen LogP contribution in [0.25, 0.3) is 11.2 Å². The van der Waals surface area contributed by atoms with Crippen LogP contribution in [0.2, 0.25) is 0 Å². The minimum absolute atomic E-state index is 0.306. The van der Waals surface area contributed by atoms with E-state index in [0.717, 1.165) is 32.2 Å². The Balaban J connectivity index is 2.28. The zero-order chi connectivity index (χ0) is 15.2. The van der Waals surface area contributed by atoms with Crippen LogP contribution in [0.15, 0.2) is 4.73 Å². The number of unbranched alkanes of at least 4 members (excludes halogenated alkanes) is 2. The van der Waals surface area contributed by atoms with Crippen molar-refractivity contribution in [3.8, 4) is 6.01 Å². The Labute approximate surface area is 132 Å². The van der Waals surface area contributed by atoms with E-state index in [1.54, 1.807) is 0 Å². The lowest BCUT2D eigenvalue weighted by molar-refractivity contribution is 0.286. The maximum absolute atomic E-state index is 5.95. The van der Waals surface area contributed by atoms with Gasteiger partial charge in [0.25, 0.3) is 0 Å². The highest BCUT2D eigenvalue weighted by Crippen LogP contribution is 2.24. The van der Waals surface area contributed by atoms with Gasteiger partial charge in [0.05, 0.1) is 6.61 Å². The van der Waals surface area contributed by atoms with E-state index in [1.807, 2.05) is 4.57 Å². The van der Waals surface area contributed by atoms with Crippen LogP contribution < -0.4 is 16.2 Å². The summed E-state index contributed by atoms with van der Waals surface area (Å²) in [5.74, 6) is 0.338. The predicted molar refractivity (Wildman–Crippen MR) is 86.1 cm³/mol. The fraction of sp³-hybridized carbons (Fsp3) is 0.615. The molecule has 2 heterocycles. The van der Waals surface area contributed by atoms with Gasteiger partial charge < -0.3 is 20.8 Å². The van der Waals surface area contributed by atoms with Crippen molar-refractivity contribution in [2.45, 2.75) is 39.2 Å². The lowest BCUT2D eigenvalue weighted by atomic mass is 10.3. The number of nitrogens with zero attached hydrogens (tertiary/aromatic N) is 4. The van der Waals surface area contributed by atoms with Crippen LogP contribution in [0.1, 0.15) is 32.6 Å². The first-order valence-electron chi connectivity index (χ1n) is 7.19. The summed E-state index contributed by atoms with van der Waals surface area (Å²) in [6, 6.07) is 0.306. The second kappa shape index (κ2) is 7.56. The number of aryl methyl sites for hydroxylation is 1. The monoisotopic (exact) mass is 356 g/mol. The number of halogens is 1. The molecule has 0 bridgehead atoms. The first kappa shape index (κ1) is 16.0. The molecule has 7 nitrogen and oxygen atoms in total. The van der Waals surface area contributed by atoms with E-state index >= 15 is 0 Å². The van der Waals surface area contributed by atoms with Gasteiger partial charge >= 0.3 is 6.01 Å². The molecule has 0 radical (unpaired) electrons. The van der Waals surface area contributed by atoms with Gasteiger partial charge in [0.1, 0.15) is 0 Å². The van der Waals surface area contributed by atoms with Crippen molar-refractivity contribution < 1.29 is 4.74 Å². The summed E-state index contributed by atoms with van der Waals surface area (Å²) >= 11 is 3.44. The first-order chi connectivity index (χ1) is 10.2. The largest absolute Gasteiger partial charge is 0.463 e. The fourth-order valence-corrected chi connectivity index (χ4v) is 2.48. The molecule has 0 amide bonds. The molecule has 0 saturated heterocycles. The summed E-state index contributed by atoms with van der Waals surface area (Å²) in [7, 11) is 0. The van der Waals surface area contributed by atoms with Crippen molar-refractivity contribution in [2.24, 2.45) is 5.73 Å². The third-order valence-electron chi connectivity index (χ3n) is 3.12. The topological polar surface area (TPSA) is 105 Å². The van der Waals surface area contributed by atoms with E-state index in [2.05, 4.69) is 37.8 Å². The fourth-order valence-electron chi connectivity index (χ4n) is 1.96. The number of hydrogen-bond acceptors (Lipinski definition) is 6. The van der Waals surface area contributed by atoms with Crippen molar-refractivity contribution in [3.05, 3.63) is 4.73 Å². The van der Waals surface area contributed by atoms with E-state index < -0.39 is 0 Å². The third-order valence-corrected chi connectivity index (χ3v) is 3.72. The lowest BCUT2D eigenvalue weighted by Gasteiger charge is -2.07. The smallest absolute Gasteiger partial charge is 0.320 e. The molecule has 2 aromatic heterocycles. The molecular weight excluding hydrogens is 336 g/mol. The number of anilines is 1. The maximum atomic E-state index is 5.95. The van der Waals surface area contributed by atoms with Gasteiger partial charge in [0, 0.05) is 6.54 Å². The van der Waals surface area contributed by atoms with Gasteiger partial charge in [-0.1, -0.05) is 13.3 Å². The Morgan fingerprint density at radius 1 is 1.19 bits per heavy atom. The molecule has 0 fully saturated rings. The molecule has 2 rings (SSSR count). The number of nitrogens with two attached hydrogens (primary N) is 2. The molecule has 0 aromatic carbocycles. The Bertz CT molecular complexity index is 600. The first-order valence-corrected chi connectivity index (χ1v) is 7.98. The Morgan fingerprint density at radius 2 is 2.00 bits per heavy atom. The van der Waals surface area contributed by atoms with Crippen molar-refractivity contribution in [3.63, 3.8) is 0 Å². The quantitative estimate of drug-likeness (QED) is 0.554. The molecule has 8 heteroatoms. The summed E-state index contributed by atoms with van der Waals surface area (Å²) in [5.41, 5.74) is 12.8. The summed E-state index contributed by atoms with van der Waals surface area (Å²) in [5, 5.41) is 0. The van der Waals surface area contributed by atoms with E-state index in [-0.39, 0.29) is 0 Å². The van der Waals surface area contributed by atoms with Crippen LogP contribution in [0.3, 0.4) is 0 Å². The van der Waals surface area contributed by atoms with Crippen molar-refractivity contribution in [1.29, 1.82) is 0 Å². The summed E-state index contributed by atoms with van der Waals surface area (Å²) in [6.45, 7) is 4.14. The number of hydrogen-bond donors (Lipinski definition) is 2. The molecule has 4 N–H and O–H groups in total. The predicted octanol–water partition coefficient (Wildman–Crippen LogP) is 2.09. The van der Waals surface area contributed by atoms with Crippen LogP contribution in [0, 0.1) is 0 Å². The number of fused-ring (bicyclic) bond motifs is 1. The molecule has 0 saturated carbocycles. The second-order valence-corrected chi connectivity index (χ2v) is 5.50. The van der Waals surface area contributed by atoms with Crippen LogP contribution in [0.4, 0.5) is 5.82 Å². The summed E-state index contributed by atoms with van der Waals surface area (Å²) < 4.78 is 8.21. The molecule has 0 aliphatic heterocycles. The van der Waals surface area contributed by atoms with E-state index in [0.29, 0.717) is 40.9 Å². The van der Waals surface area contributed by atoms with Crippen molar-refractivity contribution in [2.75, 3.05) is 18.9 Å². The normalized spacial score (nSPS) is 11.2.